The summed E-state index contributed by atoms with van der Waals surface area (Å²) in [6.45, 7) is 0.0557. The van der Waals surface area contributed by atoms with Gasteiger partial charge in [0, 0.05) is 17.8 Å². The van der Waals surface area contributed by atoms with E-state index in [0.29, 0.717) is 16.4 Å². The topological polar surface area (TPSA) is 77.0 Å². The van der Waals surface area contributed by atoms with Crippen LogP contribution in [0.3, 0.4) is 0 Å². The number of hydrogen-bond acceptors (Lipinski definition) is 4. The van der Waals surface area contributed by atoms with Crippen LogP contribution in [0.5, 0.6) is 0 Å². The molecule has 0 saturated carbocycles. The molecular formula is C14H13Cl2F3N4. The van der Waals surface area contributed by atoms with E-state index < -0.39 is 17.8 Å². The van der Waals surface area contributed by atoms with Gasteiger partial charge in [0.2, 0.25) is 0 Å². The molecule has 9 heteroatoms. The Balaban J connectivity index is 2.31. The Morgan fingerprint density at radius 3 is 2.43 bits per heavy atom. The second-order valence-electron chi connectivity index (χ2n) is 4.75. The lowest BCUT2D eigenvalue weighted by Gasteiger charge is -2.20. The number of nitrogens with zero attached hydrogens (tertiary/aromatic N) is 1. The SMILES string of the molecule is NC[C@@H](Nc1ccc(Cl)cc1N)c1ncc(C(F)(F)F)cc1Cl. The average Bonchev–Trinajstić information content (AvgIpc) is 2.46. The van der Waals surface area contributed by atoms with Crippen molar-refractivity contribution < 1.29 is 13.2 Å². The molecule has 1 aromatic carbocycles. The highest BCUT2D eigenvalue weighted by molar-refractivity contribution is 6.31. The van der Waals surface area contributed by atoms with E-state index in [9.17, 15) is 13.2 Å². The van der Waals surface area contributed by atoms with Crippen LogP contribution in [-0.2, 0) is 6.18 Å². The Kier molecular flexibility index (Phi) is 5.23. The number of hydrogen-bond donors (Lipinski definition) is 3. The summed E-state index contributed by atoms with van der Waals surface area (Å²) in [7, 11) is 0. The Labute approximate surface area is 140 Å². The van der Waals surface area contributed by atoms with Crippen molar-refractivity contribution >= 4 is 34.6 Å². The summed E-state index contributed by atoms with van der Waals surface area (Å²) >= 11 is 11.7. The minimum atomic E-state index is -4.51. The number of rotatable bonds is 4. The third kappa shape index (κ3) is 4.19. The molecule has 0 radical (unpaired) electrons. The van der Waals surface area contributed by atoms with E-state index in [1.54, 1.807) is 18.2 Å². The fourth-order valence-electron chi connectivity index (χ4n) is 1.95. The van der Waals surface area contributed by atoms with Crippen molar-refractivity contribution in [3.63, 3.8) is 0 Å². The van der Waals surface area contributed by atoms with E-state index in [4.69, 9.17) is 34.7 Å². The molecule has 0 unspecified atom stereocenters. The van der Waals surface area contributed by atoms with E-state index >= 15 is 0 Å². The van der Waals surface area contributed by atoms with Crippen LogP contribution in [0.25, 0.3) is 0 Å². The summed E-state index contributed by atoms with van der Waals surface area (Å²) in [5.74, 6) is 0. The number of nitrogen functional groups attached to an aromatic ring is 1. The fourth-order valence-corrected chi connectivity index (χ4v) is 2.43. The first-order valence-corrected chi connectivity index (χ1v) is 7.22. The molecule has 1 atom stereocenters. The molecule has 1 aromatic heterocycles. The predicted molar refractivity (Wildman–Crippen MR) is 85.5 cm³/mol. The van der Waals surface area contributed by atoms with Crippen molar-refractivity contribution in [1.29, 1.82) is 0 Å². The zero-order valence-corrected chi connectivity index (χ0v) is 13.2. The van der Waals surface area contributed by atoms with Gasteiger partial charge in [0.25, 0.3) is 0 Å². The maximum Gasteiger partial charge on any atom is 0.417 e. The molecule has 5 N–H and O–H groups in total. The minimum absolute atomic E-state index is 0.0557. The standard InChI is InChI=1S/C14H13Cl2F3N4/c15-8-1-2-11(10(21)4-8)23-12(5-20)13-9(16)3-7(6-22-13)14(17,18)19/h1-4,6,12,23H,5,20-21H2/t12-/m1/s1. The lowest BCUT2D eigenvalue weighted by Crippen LogP contribution is -2.23. The Bertz CT molecular complexity index is 707. The first-order valence-electron chi connectivity index (χ1n) is 6.46. The predicted octanol–water partition coefficient (Wildman–Crippen LogP) is 4.10. The molecular weight excluding hydrogens is 352 g/mol. The summed E-state index contributed by atoms with van der Waals surface area (Å²) in [6.07, 6.45) is -3.79. The van der Waals surface area contributed by atoms with Gasteiger partial charge in [-0.25, -0.2) is 0 Å². The van der Waals surface area contributed by atoms with Crippen molar-refractivity contribution in [1.82, 2.24) is 4.98 Å². The van der Waals surface area contributed by atoms with Crippen LogP contribution in [-0.4, -0.2) is 11.5 Å². The van der Waals surface area contributed by atoms with E-state index in [1.165, 1.54) is 0 Å². The van der Waals surface area contributed by atoms with Gasteiger partial charge in [-0.2, -0.15) is 13.2 Å². The van der Waals surface area contributed by atoms with Crippen LogP contribution in [0.4, 0.5) is 24.5 Å². The third-order valence-electron chi connectivity index (χ3n) is 3.11. The van der Waals surface area contributed by atoms with Crippen molar-refractivity contribution in [2.75, 3.05) is 17.6 Å². The summed E-state index contributed by atoms with van der Waals surface area (Å²) in [5.41, 5.74) is 11.7. The summed E-state index contributed by atoms with van der Waals surface area (Å²) in [6, 6.07) is 5.01. The molecule has 23 heavy (non-hydrogen) atoms. The molecule has 0 saturated heterocycles. The number of anilines is 2. The van der Waals surface area contributed by atoms with Gasteiger partial charge in [0.05, 0.1) is 33.7 Å². The molecule has 0 bridgehead atoms. The smallest absolute Gasteiger partial charge is 0.397 e. The highest BCUT2D eigenvalue weighted by Gasteiger charge is 2.32. The van der Waals surface area contributed by atoms with Crippen molar-refractivity contribution in [2.45, 2.75) is 12.2 Å². The largest absolute Gasteiger partial charge is 0.417 e. The molecule has 4 nitrogen and oxygen atoms in total. The van der Waals surface area contributed by atoms with Crippen molar-refractivity contribution in [2.24, 2.45) is 5.73 Å². The number of nitrogens with two attached hydrogens (primary N) is 2. The Morgan fingerprint density at radius 2 is 1.91 bits per heavy atom. The molecule has 0 aliphatic carbocycles. The molecule has 0 fully saturated rings. The second kappa shape index (κ2) is 6.82. The summed E-state index contributed by atoms with van der Waals surface area (Å²) < 4.78 is 38.0. The lowest BCUT2D eigenvalue weighted by molar-refractivity contribution is -0.137. The molecule has 0 amide bonds. The van der Waals surface area contributed by atoms with Crippen LogP contribution in [0, 0.1) is 0 Å². The van der Waals surface area contributed by atoms with Crippen LogP contribution in [0.2, 0.25) is 10.0 Å². The summed E-state index contributed by atoms with van der Waals surface area (Å²) in [4.78, 5) is 3.80. The Morgan fingerprint density at radius 1 is 1.22 bits per heavy atom. The van der Waals surface area contributed by atoms with Crippen LogP contribution in [0.15, 0.2) is 30.5 Å². The molecule has 2 rings (SSSR count). The molecule has 0 spiro atoms. The molecule has 1 heterocycles. The van der Waals surface area contributed by atoms with Crippen molar-refractivity contribution in [3.8, 4) is 0 Å². The monoisotopic (exact) mass is 364 g/mol. The maximum absolute atomic E-state index is 12.7. The minimum Gasteiger partial charge on any atom is -0.397 e. The van der Waals surface area contributed by atoms with Gasteiger partial charge in [-0.1, -0.05) is 23.2 Å². The van der Waals surface area contributed by atoms with E-state index in [0.717, 1.165) is 12.3 Å². The normalized spacial score (nSPS) is 13.0. The molecule has 124 valence electrons. The van der Waals surface area contributed by atoms with Gasteiger partial charge in [-0.3, -0.25) is 4.98 Å². The lowest BCUT2D eigenvalue weighted by atomic mass is 10.1. The van der Waals surface area contributed by atoms with Gasteiger partial charge >= 0.3 is 6.18 Å². The number of halogens is 5. The van der Waals surface area contributed by atoms with Gasteiger partial charge in [0.1, 0.15) is 0 Å². The van der Waals surface area contributed by atoms with Crippen LogP contribution < -0.4 is 16.8 Å². The number of aromatic nitrogens is 1. The van der Waals surface area contributed by atoms with E-state index in [2.05, 4.69) is 10.3 Å². The first-order chi connectivity index (χ1) is 10.7. The first kappa shape index (κ1) is 17.7. The number of alkyl halides is 3. The van der Waals surface area contributed by atoms with E-state index in [-0.39, 0.29) is 17.3 Å². The van der Waals surface area contributed by atoms with Gasteiger partial charge in [-0.05, 0) is 24.3 Å². The summed E-state index contributed by atoms with van der Waals surface area (Å²) in [5, 5.41) is 3.33. The highest BCUT2D eigenvalue weighted by atomic mass is 35.5. The second-order valence-corrected chi connectivity index (χ2v) is 5.60. The van der Waals surface area contributed by atoms with Gasteiger partial charge in [0.15, 0.2) is 0 Å². The fraction of sp³-hybridized carbons (Fsp3) is 0.214. The number of nitrogens with one attached hydrogen (secondary N) is 1. The molecule has 2 aromatic rings. The quantitative estimate of drug-likeness (QED) is 0.713. The zero-order valence-electron chi connectivity index (χ0n) is 11.7. The molecule has 0 aliphatic heterocycles. The maximum atomic E-state index is 12.7. The highest BCUT2D eigenvalue weighted by Crippen LogP contribution is 2.33. The Hall–Kier alpha value is -1.70. The zero-order chi connectivity index (χ0) is 17.2. The van der Waals surface area contributed by atoms with Gasteiger partial charge < -0.3 is 16.8 Å². The van der Waals surface area contributed by atoms with Crippen LogP contribution >= 0.6 is 23.2 Å². The molecule has 0 aliphatic rings. The van der Waals surface area contributed by atoms with E-state index in [1.807, 2.05) is 0 Å². The average molecular weight is 365 g/mol. The number of pyridine rings is 1. The van der Waals surface area contributed by atoms with Gasteiger partial charge in [-0.15, -0.1) is 0 Å². The number of benzene rings is 1. The van der Waals surface area contributed by atoms with Crippen LogP contribution in [0.1, 0.15) is 17.3 Å². The third-order valence-corrected chi connectivity index (χ3v) is 3.64. The van der Waals surface area contributed by atoms with Crippen molar-refractivity contribution in [3.05, 3.63) is 51.8 Å².